The maximum Gasteiger partial charge on any atom is 0.272 e. The molecule has 1 aromatic heterocycles. The van der Waals surface area contributed by atoms with Gasteiger partial charge in [0.2, 0.25) is 5.91 Å². The van der Waals surface area contributed by atoms with Crippen LogP contribution < -0.4 is 16.8 Å². The minimum Gasteiger partial charge on any atom is -0.396 e. The predicted molar refractivity (Wildman–Crippen MR) is 105 cm³/mol. The number of amides is 2. The van der Waals surface area contributed by atoms with Gasteiger partial charge in [0, 0.05) is 13.0 Å². The highest BCUT2D eigenvalue weighted by atomic mass is 19.1. The van der Waals surface area contributed by atoms with Crippen LogP contribution in [0.4, 0.5) is 15.9 Å². The van der Waals surface area contributed by atoms with Gasteiger partial charge in [0.25, 0.3) is 5.91 Å². The number of hydrogen-bond donors (Lipinski definition) is 3. The zero-order valence-electron chi connectivity index (χ0n) is 16.3. The summed E-state index contributed by atoms with van der Waals surface area (Å²) in [5.41, 5.74) is 10.1. The summed E-state index contributed by atoms with van der Waals surface area (Å²) in [7, 11) is 0. The Balaban J connectivity index is 1.56. The number of halogens is 1. The zero-order chi connectivity index (χ0) is 20.3. The second kappa shape index (κ2) is 8.30. The first-order valence-electron chi connectivity index (χ1n) is 9.85. The maximum absolute atomic E-state index is 15.2. The second-order valence-corrected chi connectivity index (χ2v) is 7.66. The van der Waals surface area contributed by atoms with E-state index in [4.69, 9.17) is 11.5 Å². The molecule has 0 spiro atoms. The lowest BCUT2D eigenvalue weighted by Crippen LogP contribution is -2.52. The molecule has 2 unspecified atom stereocenters. The predicted octanol–water partition coefficient (Wildman–Crippen LogP) is 0.791. The average molecular weight is 392 g/mol. The van der Waals surface area contributed by atoms with E-state index in [0.29, 0.717) is 5.69 Å². The van der Waals surface area contributed by atoms with E-state index in [2.05, 4.69) is 15.2 Å². The van der Waals surface area contributed by atoms with E-state index in [1.807, 2.05) is 6.92 Å². The van der Waals surface area contributed by atoms with E-state index in [0.717, 1.165) is 32.4 Å². The third-order valence-electron chi connectivity index (χ3n) is 5.67. The Kier molecular flexibility index (Phi) is 6.02. The second-order valence-electron chi connectivity index (χ2n) is 7.66. The molecule has 2 amide bonds. The van der Waals surface area contributed by atoms with Crippen LogP contribution in [0.1, 0.15) is 43.1 Å². The molecular formula is C19H29FN6O2. The number of likely N-dealkylation sites (tertiary alicyclic amines) is 2. The van der Waals surface area contributed by atoms with Crippen molar-refractivity contribution in [2.75, 3.05) is 44.2 Å². The Bertz CT molecular complexity index is 745. The largest absolute Gasteiger partial charge is 0.396 e. The third kappa shape index (κ3) is 4.35. The van der Waals surface area contributed by atoms with Gasteiger partial charge in [-0.25, -0.2) is 9.37 Å². The van der Waals surface area contributed by atoms with Gasteiger partial charge in [-0.05, 0) is 38.1 Å². The van der Waals surface area contributed by atoms with Crippen LogP contribution >= 0.6 is 0 Å². The van der Waals surface area contributed by atoms with Gasteiger partial charge >= 0.3 is 0 Å². The SMILES string of the molecule is CCN1CCCCC1C(=O)NCC1(F)CCN(C(=O)c2ccc(N)c(N)n2)C1. The molecule has 2 aliphatic rings. The number of nitrogens with zero attached hydrogens (tertiary/aromatic N) is 3. The Morgan fingerprint density at radius 1 is 1.32 bits per heavy atom. The standard InChI is InChI=1S/C19H29FN6O2/c1-2-25-9-4-3-5-15(25)17(27)23-11-19(20)8-10-26(12-19)18(28)14-7-6-13(21)16(22)24-14/h6-7,15H,2-5,8-12,21H2,1H3,(H2,22,24)(H,23,27). The number of pyridine rings is 1. The van der Waals surface area contributed by atoms with Crippen molar-refractivity contribution in [2.24, 2.45) is 0 Å². The van der Waals surface area contributed by atoms with Gasteiger partial charge in [0.15, 0.2) is 0 Å². The normalized spacial score (nSPS) is 25.6. The van der Waals surface area contributed by atoms with E-state index >= 15 is 4.39 Å². The van der Waals surface area contributed by atoms with Gasteiger partial charge in [0.1, 0.15) is 17.2 Å². The highest BCUT2D eigenvalue weighted by Crippen LogP contribution is 2.27. The van der Waals surface area contributed by atoms with Gasteiger partial charge in [-0.3, -0.25) is 14.5 Å². The first-order valence-corrected chi connectivity index (χ1v) is 9.85. The Hall–Kier alpha value is -2.42. The topological polar surface area (TPSA) is 118 Å². The number of nitrogens with one attached hydrogen (secondary N) is 1. The Labute approximate surface area is 164 Å². The molecule has 154 valence electrons. The van der Waals surface area contributed by atoms with Crippen molar-refractivity contribution in [3.05, 3.63) is 17.8 Å². The average Bonchev–Trinajstić information content (AvgIpc) is 3.10. The molecular weight excluding hydrogens is 363 g/mol. The molecule has 2 aliphatic heterocycles. The molecule has 2 fully saturated rings. The highest BCUT2D eigenvalue weighted by molar-refractivity contribution is 5.93. The summed E-state index contributed by atoms with van der Waals surface area (Å²) in [4.78, 5) is 32.6. The fourth-order valence-electron chi connectivity index (χ4n) is 3.95. The lowest BCUT2D eigenvalue weighted by atomic mass is 10.0. The van der Waals surface area contributed by atoms with Crippen LogP contribution in [0.3, 0.4) is 0 Å². The zero-order valence-corrected chi connectivity index (χ0v) is 16.3. The minimum absolute atomic E-state index is 0.0804. The number of likely N-dealkylation sites (N-methyl/N-ethyl adjacent to an activating group) is 1. The molecule has 8 nitrogen and oxygen atoms in total. The van der Waals surface area contributed by atoms with Crippen molar-refractivity contribution in [3.8, 4) is 0 Å². The third-order valence-corrected chi connectivity index (χ3v) is 5.67. The van der Waals surface area contributed by atoms with Crippen molar-refractivity contribution in [1.29, 1.82) is 0 Å². The Morgan fingerprint density at radius 3 is 2.82 bits per heavy atom. The molecule has 0 aromatic carbocycles. The number of aromatic nitrogens is 1. The number of nitrogen functional groups attached to an aromatic ring is 2. The number of carbonyl (C=O) groups excluding carboxylic acids is 2. The Morgan fingerprint density at radius 2 is 2.11 bits per heavy atom. The molecule has 0 aliphatic carbocycles. The number of nitrogens with two attached hydrogens (primary N) is 2. The van der Waals surface area contributed by atoms with Gasteiger partial charge in [-0.1, -0.05) is 13.3 Å². The maximum atomic E-state index is 15.2. The summed E-state index contributed by atoms with van der Waals surface area (Å²) >= 11 is 0. The van der Waals surface area contributed by atoms with Crippen molar-refractivity contribution >= 4 is 23.3 Å². The smallest absolute Gasteiger partial charge is 0.272 e. The molecule has 3 heterocycles. The molecule has 9 heteroatoms. The van der Waals surface area contributed by atoms with E-state index in [1.165, 1.54) is 17.0 Å². The number of alkyl halides is 1. The van der Waals surface area contributed by atoms with E-state index in [9.17, 15) is 9.59 Å². The van der Waals surface area contributed by atoms with Crippen molar-refractivity contribution < 1.29 is 14.0 Å². The van der Waals surface area contributed by atoms with Crippen LogP contribution in [-0.4, -0.2) is 71.0 Å². The molecule has 3 rings (SSSR count). The van der Waals surface area contributed by atoms with Crippen molar-refractivity contribution in [2.45, 2.75) is 44.3 Å². The number of rotatable bonds is 5. The molecule has 5 N–H and O–H groups in total. The molecule has 0 bridgehead atoms. The first kappa shape index (κ1) is 20.3. The van der Waals surface area contributed by atoms with Gasteiger partial charge in [-0.2, -0.15) is 0 Å². The molecule has 2 atom stereocenters. The molecule has 2 saturated heterocycles. The van der Waals surface area contributed by atoms with Gasteiger partial charge < -0.3 is 21.7 Å². The number of carbonyl (C=O) groups is 2. The van der Waals surface area contributed by atoms with Crippen molar-refractivity contribution in [3.63, 3.8) is 0 Å². The lowest BCUT2D eigenvalue weighted by molar-refractivity contribution is -0.128. The molecule has 0 radical (unpaired) electrons. The van der Waals surface area contributed by atoms with Crippen LogP contribution in [0, 0.1) is 0 Å². The number of anilines is 2. The quantitative estimate of drug-likeness (QED) is 0.682. The number of piperidine rings is 1. The van der Waals surface area contributed by atoms with Crippen LogP contribution in [-0.2, 0) is 4.79 Å². The first-order chi connectivity index (χ1) is 13.3. The van der Waals surface area contributed by atoms with Crippen LogP contribution in [0.25, 0.3) is 0 Å². The van der Waals surface area contributed by atoms with Crippen LogP contribution in [0.2, 0.25) is 0 Å². The number of hydrogen-bond acceptors (Lipinski definition) is 6. The van der Waals surface area contributed by atoms with E-state index in [1.54, 1.807) is 0 Å². The summed E-state index contributed by atoms with van der Waals surface area (Å²) in [6.45, 7) is 3.82. The van der Waals surface area contributed by atoms with Gasteiger partial charge in [0.05, 0.1) is 24.8 Å². The molecule has 0 saturated carbocycles. The summed E-state index contributed by atoms with van der Waals surface area (Å²) in [5, 5.41) is 2.77. The monoisotopic (exact) mass is 392 g/mol. The summed E-state index contributed by atoms with van der Waals surface area (Å²) in [5.74, 6) is -0.435. The van der Waals surface area contributed by atoms with Crippen LogP contribution in [0.15, 0.2) is 12.1 Å². The van der Waals surface area contributed by atoms with Gasteiger partial charge in [-0.15, -0.1) is 0 Å². The lowest BCUT2D eigenvalue weighted by Gasteiger charge is -2.34. The van der Waals surface area contributed by atoms with E-state index in [-0.39, 0.29) is 55.4 Å². The fourth-order valence-corrected chi connectivity index (χ4v) is 3.95. The summed E-state index contributed by atoms with van der Waals surface area (Å²) in [6, 6.07) is 2.80. The van der Waals surface area contributed by atoms with Crippen molar-refractivity contribution in [1.82, 2.24) is 20.1 Å². The minimum atomic E-state index is -1.64. The molecule has 1 aromatic rings. The highest BCUT2D eigenvalue weighted by Gasteiger charge is 2.41. The van der Waals surface area contributed by atoms with E-state index < -0.39 is 5.67 Å². The van der Waals surface area contributed by atoms with Crippen LogP contribution in [0.5, 0.6) is 0 Å². The molecule has 28 heavy (non-hydrogen) atoms. The fraction of sp³-hybridized carbons (Fsp3) is 0.632. The summed E-state index contributed by atoms with van der Waals surface area (Å²) < 4.78 is 15.2. The summed E-state index contributed by atoms with van der Waals surface area (Å²) in [6.07, 6.45) is 3.07.